The van der Waals surface area contributed by atoms with Crippen molar-refractivity contribution in [2.24, 2.45) is 0 Å². The average Bonchev–Trinajstić information content (AvgIpc) is 2.64. The average molecular weight is 405 g/mol. The Kier molecular flexibility index (Phi) is 7.17. The van der Waals surface area contributed by atoms with Gasteiger partial charge in [0.2, 0.25) is 0 Å². The van der Waals surface area contributed by atoms with Gasteiger partial charge in [-0.3, -0.25) is 14.9 Å². The third-order valence-electron chi connectivity index (χ3n) is 3.49. The molecule has 0 fully saturated rings. The van der Waals surface area contributed by atoms with Gasteiger partial charge in [-0.1, -0.05) is 35.3 Å². The van der Waals surface area contributed by atoms with Gasteiger partial charge in [-0.2, -0.15) is 5.26 Å². The summed E-state index contributed by atoms with van der Waals surface area (Å²) in [5.41, 5.74) is 0.691. The zero-order valence-electron chi connectivity index (χ0n) is 13.9. The number of anilines is 1. The van der Waals surface area contributed by atoms with Crippen LogP contribution in [0.1, 0.15) is 5.56 Å². The van der Waals surface area contributed by atoms with Crippen LogP contribution in [-0.4, -0.2) is 17.4 Å². The third-order valence-corrected chi connectivity index (χ3v) is 4.07. The molecule has 0 aliphatic heterocycles. The number of benzene rings is 2. The Hall–Kier alpha value is -3.08. The van der Waals surface area contributed by atoms with Crippen molar-refractivity contribution in [2.45, 2.75) is 6.42 Å². The molecule has 9 heteroatoms. The molecule has 0 radical (unpaired) electrons. The number of nitriles is 1. The van der Waals surface area contributed by atoms with E-state index in [9.17, 15) is 14.9 Å². The molecule has 2 aromatic rings. The van der Waals surface area contributed by atoms with E-state index < -0.39 is 10.8 Å². The van der Waals surface area contributed by atoms with Crippen LogP contribution < -0.4 is 10.6 Å². The Morgan fingerprint density at radius 3 is 2.56 bits per heavy atom. The van der Waals surface area contributed by atoms with Crippen LogP contribution in [0.15, 0.2) is 54.2 Å². The summed E-state index contributed by atoms with van der Waals surface area (Å²) >= 11 is 11.8. The molecule has 0 spiro atoms. The van der Waals surface area contributed by atoms with E-state index in [1.165, 1.54) is 18.3 Å². The van der Waals surface area contributed by atoms with Gasteiger partial charge in [0, 0.05) is 29.9 Å². The van der Waals surface area contributed by atoms with E-state index in [4.69, 9.17) is 28.5 Å². The van der Waals surface area contributed by atoms with Crippen molar-refractivity contribution < 1.29 is 9.72 Å². The molecular weight excluding hydrogens is 391 g/mol. The van der Waals surface area contributed by atoms with Crippen molar-refractivity contribution in [3.8, 4) is 6.07 Å². The molecule has 0 saturated carbocycles. The van der Waals surface area contributed by atoms with Crippen LogP contribution in [0, 0.1) is 21.4 Å². The number of non-ortho nitro benzene ring substituents is 1. The molecule has 0 atom stereocenters. The smallest absolute Gasteiger partial charge is 0.271 e. The first-order valence-electron chi connectivity index (χ1n) is 7.74. The lowest BCUT2D eigenvalue weighted by atomic mass is 10.1. The van der Waals surface area contributed by atoms with Gasteiger partial charge in [-0.05, 0) is 30.2 Å². The number of carbonyl (C=O) groups is 1. The number of halogens is 2. The largest absolute Gasteiger partial charge is 0.389 e. The fourth-order valence-electron chi connectivity index (χ4n) is 2.10. The minimum atomic E-state index is -0.723. The lowest BCUT2D eigenvalue weighted by Gasteiger charge is -2.07. The molecule has 0 aliphatic carbocycles. The van der Waals surface area contributed by atoms with Gasteiger partial charge >= 0.3 is 0 Å². The molecule has 2 rings (SSSR count). The maximum atomic E-state index is 12.2. The number of hydrogen-bond acceptors (Lipinski definition) is 5. The van der Waals surface area contributed by atoms with Gasteiger partial charge in [0.15, 0.2) is 0 Å². The molecule has 0 unspecified atom stereocenters. The molecule has 0 saturated heterocycles. The second kappa shape index (κ2) is 9.57. The molecule has 1 amide bonds. The number of nitrogens with zero attached hydrogens (tertiary/aromatic N) is 2. The SMILES string of the molecule is N#C/C(=C/NCCc1ccc(Cl)cc1)C(=O)Nc1cc([N+](=O)[O-])ccc1Cl. The fourth-order valence-corrected chi connectivity index (χ4v) is 2.39. The maximum Gasteiger partial charge on any atom is 0.271 e. The zero-order chi connectivity index (χ0) is 19.8. The Morgan fingerprint density at radius 1 is 1.22 bits per heavy atom. The van der Waals surface area contributed by atoms with Gasteiger partial charge in [-0.25, -0.2) is 0 Å². The summed E-state index contributed by atoms with van der Waals surface area (Å²) in [5.74, 6) is -0.723. The number of rotatable bonds is 7. The highest BCUT2D eigenvalue weighted by molar-refractivity contribution is 6.34. The number of hydrogen-bond donors (Lipinski definition) is 2. The summed E-state index contributed by atoms with van der Waals surface area (Å²) in [6.45, 7) is 0.498. The monoisotopic (exact) mass is 404 g/mol. The quantitative estimate of drug-likeness (QED) is 0.237. The maximum absolute atomic E-state index is 12.2. The first-order chi connectivity index (χ1) is 12.9. The van der Waals surface area contributed by atoms with E-state index in [2.05, 4.69) is 10.6 Å². The van der Waals surface area contributed by atoms with E-state index in [1.807, 2.05) is 12.1 Å². The van der Waals surface area contributed by atoms with E-state index in [0.717, 1.165) is 11.6 Å². The molecule has 2 N–H and O–H groups in total. The Morgan fingerprint density at radius 2 is 1.93 bits per heavy atom. The molecule has 0 aliphatic rings. The van der Waals surface area contributed by atoms with E-state index in [0.29, 0.717) is 18.0 Å². The summed E-state index contributed by atoms with van der Waals surface area (Å²) in [6, 6.07) is 12.8. The number of carbonyl (C=O) groups excluding carboxylic acids is 1. The van der Waals surface area contributed by atoms with Crippen molar-refractivity contribution in [2.75, 3.05) is 11.9 Å². The Bertz CT molecular complexity index is 921. The molecule has 0 aromatic heterocycles. The Labute approximate surface area is 165 Å². The van der Waals surface area contributed by atoms with Crippen LogP contribution in [0.4, 0.5) is 11.4 Å². The highest BCUT2D eigenvalue weighted by Gasteiger charge is 2.14. The molecule has 138 valence electrons. The predicted molar refractivity (Wildman–Crippen MR) is 104 cm³/mol. The van der Waals surface area contributed by atoms with Crippen molar-refractivity contribution >= 4 is 40.5 Å². The summed E-state index contributed by atoms with van der Waals surface area (Å²) in [7, 11) is 0. The van der Waals surface area contributed by atoms with Crippen LogP contribution in [0.25, 0.3) is 0 Å². The predicted octanol–water partition coefficient (Wildman–Crippen LogP) is 4.08. The van der Waals surface area contributed by atoms with Crippen LogP contribution >= 0.6 is 23.2 Å². The zero-order valence-corrected chi connectivity index (χ0v) is 15.4. The topological polar surface area (TPSA) is 108 Å². The van der Waals surface area contributed by atoms with Gasteiger partial charge in [0.05, 0.1) is 15.6 Å². The second-order valence-electron chi connectivity index (χ2n) is 5.38. The second-order valence-corrected chi connectivity index (χ2v) is 6.22. The van der Waals surface area contributed by atoms with Gasteiger partial charge in [0.1, 0.15) is 11.6 Å². The lowest BCUT2D eigenvalue weighted by Crippen LogP contribution is -2.18. The highest BCUT2D eigenvalue weighted by Crippen LogP contribution is 2.27. The molecule has 7 nitrogen and oxygen atoms in total. The molecule has 0 heterocycles. The summed E-state index contributed by atoms with van der Waals surface area (Å²) in [4.78, 5) is 22.4. The van der Waals surface area contributed by atoms with Crippen LogP contribution in [0.5, 0.6) is 0 Å². The van der Waals surface area contributed by atoms with Crippen LogP contribution in [-0.2, 0) is 11.2 Å². The molecule has 2 aromatic carbocycles. The van der Waals surface area contributed by atoms with Crippen LogP contribution in [0.2, 0.25) is 10.0 Å². The third kappa shape index (κ3) is 5.99. The standard InChI is InChI=1S/C18H14Cl2N4O3/c19-14-3-1-12(2-4-14)7-8-22-11-13(10-21)18(25)23-17-9-15(24(26)27)5-6-16(17)20/h1-6,9,11,22H,7-8H2,(H,23,25)/b13-11-. The normalized spacial score (nSPS) is 10.8. The minimum Gasteiger partial charge on any atom is -0.389 e. The molecule has 27 heavy (non-hydrogen) atoms. The number of nitro groups is 1. The lowest BCUT2D eigenvalue weighted by molar-refractivity contribution is -0.384. The van der Waals surface area contributed by atoms with Gasteiger partial charge in [0.25, 0.3) is 11.6 Å². The summed E-state index contributed by atoms with van der Waals surface area (Å²) < 4.78 is 0. The summed E-state index contributed by atoms with van der Waals surface area (Å²) in [6.07, 6.45) is 1.96. The van der Waals surface area contributed by atoms with E-state index in [-0.39, 0.29) is 22.0 Å². The first-order valence-corrected chi connectivity index (χ1v) is 8.49. The van der Waals surface area contributed by atoms with Crippen molar-refractivity contribution in [3.63, 3.8) is 0 Å². The number of amides is 1. The minimum absolute atomic E-state index is 0.0539. The highest BCUT2D eigenvalue weighted by atomic mass is 35.5. The van der Waals surface area contributed by atoms with E-state index >= 15 is 0 Å². The number of nitro benzene ring substituents is 1. The van der Waals surface area contributed by atoms with E-state index in [1.54, 1.807) is 18.2 Å². The fraction of sp³-hybridized carbons (Fsp3) is 0.111. The van der Waals surface area contributed by atoms with Crippen molar-refractivity contribution in [1.29, 1.82) is 5.26 Å². The van der Waals surface area contributed by atoms with Crippen LogP contribution in [0.3, 0.4) is 0 Å². The Balaban J connectivity index is 1.98. The van der Waals surface area contributed by atoms with Crippen molar-refractivity contribution in [3.05, 3.63) is 80.0 Å². The molecular formula is C18H14Cl2N4O3. The summed E-state index contributed by atoms with van der Waals surface area (Å²) in [5, 5.41) is 26.0. The number of nitrogens with one attached hydrogen (secondary N) is 2. The first kappa shape index (κ1) is 20.2. The van der Waals surface area contributed by atoms with Gasteiger partial charge < -0.3 is 10.6 Å². The van der Waals surface area contributed by atoms with Crippen molar-refractivity contribution in [1.82, 2.24) is 5.32 Å². The van der Waals surface area contributed by atoms with Gasteiger partial charge in [-0.15, -0.1) is 0 Å². The molecule has 0 bridgehead atoms.